The minimum Gasteiger partial charge on any atom is -0.370 e. The molecule has 0 saturated carbocycles. The van der Waals surface area contributed by atoms with Gasteiger partial charge in [-0.05, 0) is 12.8 Å². The fourth-order valence-corrected chi connectivity index (χ4v) is 1.66. The second kappa shape index (κ2) is 6.40. The lowest BCUT2D eigenvalue weighted by atomic mass is 10.3. The Kier molecular flexibility index (Phi) is 5.10. The van der Waals surface area contributed by atoms with Crippen LogP contribution in [0.1, 0.15) is 25.7 Å². The molecule has 0 aromatic rings. The van der Waals surface area contributed by atoms with E-state index in [0.717, 1.165) is 25.9 Å². The van der Waals surface area contributed by atoms with Crippen LogP contribution >= 0.6 is 0 Å². The van der Waals surface area contributed by atoms with E-state index in [-0.39, 0.29) is 11.8 Å². The first-order valence-corrected chi connectivity index (χ1v) is 5.47. The highest BCUT2D eigenvalue weighted by Gasteiger charge is 2.16. The van der Waals surface area contributed by atoms with Gasteiger partial charge in [0, 0.05) is 39.0 Å². The molecule has 15 heavy (non-hydrogen) atoms. The van der Waals surface area contributed by atoms with Crippen molar-refractivity contribution in [3.63, 3.8) is 0 Å². The second-order valence-electron chi connectivity index (χ2n) is 3.80. The van der Waals surface area contributed by atoms with Gasteiger partial charge in [0.2, 0.25) is 11.8 Å². The molecule has 0 atom stereocenters. The average Bonchev–Trinajstić information content (AvgIpc) is 2.69. The van der Waals surface area contributed by atoms with Gasteiger partial charge >= 0.3 is 0 Å². The maximum absolute atomic E-state index is 11.5. The fourth-order valence-electron chi connectivity index (χ4n) is 1.66. The summed E-state index contributed by atoms with van der Waals surface area (Å²) in [6, 6.07) is 0. The summed E-state index contributed by atoms with van der Waals surface area (Å²) in [7, 11) is 0. The van der Waals surface area contributed by atoms with Crippen molar-refractivity contribution in [2.45, 2.75) is 25.7 Å². The molecule has 1 heterocycles. The predicted molar refractivity (Wildman–Crippen MR) is 57.1 cm³/mol. The normalized spacial score (nSPS) is 15.6. The number of nitrogens with one attached hydrogen (secondary N) is 1. The highest BCUT2D eigenvalue weighted by Crippen LogP contribution is 2.08. The lowest BCUT2D eigenvalue weighted by molar-refractivity contribution is -0.130. The molecule has 0 aromatic heterocycles. The van der Waals surface area contributed by atoms with Crippen molar-refractivity contribution in [3.05, 3.63) is 0 Å². The minimum atomic E-state index is -0.312. The van der Waals surface area contributed by atoms with Crippen LogP contribution in [0.25, 0.3) is 0 Å². The van der Waals surface area contributed by atoms with Crippen LogP contribution in [0.5, 0.6) is 0 Å². The molecule has 0 unspecified atom stereocenters. The van der Waals surface area contributed by atoms with Gasteiger partial charge in [0.15, 0.2) is 0 Å². The Hall–Kier alpha value is -1.10. The number of hydrogen-bond donors (Lipinski definition) is 2. The smallest absolute Gasteiger partial charge is 0.223 e. The summed E-state index contributed by atoms with van der Waals surface area (Å²) in [6.07, 6.45) is 3.10. The molecular weight excluding hydrogens is 194 g/mol. The molecule has 1 fully saturated rings. The number of nitrogens with two attached hydrogens (primary N) is 1. The highest BCUT2D eigenvalue weighted by atomic mass is 16.2. The van der Waals surface area contributed by atoms with Crippen molar-refractivity contribution < 1.29 is 9.59 Å². The van der Waals surface area contributed by atoms with Crippen molar-refractivity contribution >= 4 is 11.8 Å². The Morgan fingerprint density at radius 3 is 2.33 bits per heavy atom. The van der Waals surface area contributed by atoms with E-state index in [1.807, 2.05) is 4.90 Å². The lowest BCUT2D eigenvalue weighted by Crippen LogP contribution is -2.31. The van der Waals surface area contributed by atoms with Crippen LogP contribution in [-0.2, 0) is 9.59 Å². The summed E-state index contributed by atoms with van der Waals surface area (Å²) < 4.78 is 0. The predicted octanol–water partition coefficient (Wildman–Crippen LogP) is -0.536. The van der Waals surface area contributed by atoms with Crippen molar-refractivity contribution in [2.75, 3.05) is 26.2 Å². The zero-order chi connectivity index (χ0) is 11.1. The van der Waals surface area contributed by atoms with Gasteiger partial charge in [-0.25, -0.2) is 0 Å². The van der Waals surface area contributed by atoms with E-state index in [2.05, 4.69) is 5.32 Å². The van der Waals surface area contributed by atoms with Crippen molar-refractivity contribution in [1.29, 1.82) is 0 Å². The number of hydrogen-bond acceptors (Lipinski definition) is 3. The SMILES string of the molecule is NC(=O)CCNCCC(=O)N1CCCC1. The zero-order valence-electron chi connectivity index (χ0n) is 9.00. The van der Waals surface area contributed by atoms with E-state index >= 15 is 0 Å². The molecular formula is C10H19N3O2. The summed E-state index contributed by atoms with van der Waals surface area (Å²) in [5.41, 5.74) is 4.98. The van der Waals surface area contributed by atoms with Crippen LogP contribution in [0.2, 0.25) is 0 Å². The molecule has 1 aliphatic rings. The van der Waals surface area contributed by atoms with E-state index < -0.39 is 0 Å². The molecule has 86 valence electrons. The topological polar surface area (TPSA) is 75.4 Å². The monoisotopic (exact) mass is 213 g/mol. The number of nitrogens with zero attached hydrogens (tertiary/aromatic N) is 1. The van der Waals surface area contributed by atoms with Gasteiger partial charge in [-0.2, -0.15) is 0 Å². The lowest BCUT2D eigenvalue weighted by Gasteiger charge is -2.14. The van der Waals surface area contributed by atoms with E-state index in [0.29, 0.717) is 25.9 Å². The molecule has 0 aliphatic carbocycles. The third-order valence-corrected chi connectivity index (χ3v) is 2.52. The van der Waals surface area contributed by atoms with Crippen LogP contribution in [0, 0.1) is 0 Å². The van der Waals surface area contributed by atoms with Crippen LogP contribution in [0.4, 0.5) is 0 Å². The van der Waals surface area contributed by atoms with Gasteiger partial charge < -0.3 is 16.0 Å². The van der Waals surface area contributed by atoms with Crippen LogP contribution < -0.4 is 11.1 Å². The second-order valence-corrected chi connectivity index (χ2v) is 3.80. The molecule has 3 N–H and O–H groups in total. The van der Waals surface area contributed by atoms with Gasteiger partial charge in [-0.15, -0.1) is 0 Å². The minimum absolute atomic E-state index is 0.207. The number of amides is 2. The molecule has 0 bridgehead atoms. The van der Waals surface area contributed by atoms with Gasteiger partial charge in [-0.3, -0.25) is 9.59 Å². The van der Waals surface area contributed by atoms with E-state index in [9.17, 15) is 9.59 Å². The highest BCUT2D eigenvalue weighted by molar-refractivity contribution is 5.76. The van der Waals surface area contributed by atoms with Crippen molar-refractivity contribution in [1.82, 2.24) is 10.2 Å². The Balaban J connectivity index is 1.99. The molecule has 5 nitrogen and oxygen atoms in total. The Labute approximate surface area is 90.0 Å². The molecule has 1 rings (SSSR count). The van der Waals surface area contributed by atoms with Gasteiger partial charge in [0.1, 0.15) is 0 Å². The van der Waals surface area contributed by atoms with Crippen LogP contribution in [0.15, 0.2) is 0 Å². The summed E-state index contributed by atoms with van der Waals surface area (Å²) in [5.74, 6) is -0.104. The standard InChI is InChI=1S/C10H19N3O2/c11-9(14)3-5-12-6-4-10(15)13-7-1-2-8-13/h12H,1-8H2,(H2,11,14). The molecule has 0 spiro atoms. The molecule has 2 amide bonds. The first-order chi connectivity index (χ1) is 7.20. The maximum atomic E-state index is 11.5. The zero-order valence-corrected chi connectivity index (χ0v) is 9.00. The number of carbonyl (C=O) groups is 2. The van der Waals surface area contributed by atoms with Crippen LogP contribution in [-0.4, -0.2) is 42.9 Å². The Morgan fingerprint density at radius 2 is 1.73 bits per heavy atom. The first-order valence-electron chi connectivity index (χ1n) is 5.47. The number of rotatable bonds is 6. The fraction of sp³-hybridized carbons (Fsp3) is 0.800. The first kappa shape index (κ1) is 12.0. The summed E-state index contributed by atoms with van der Waals surface area (Å²) in [5, 5.41) is 3.02. The van der Waals surface area contributed by atoms with Gasteiger partial charge in [0.05, 0.1) is 0 Å². The molecule has 1 saturated heterocycles. The van der Waals surface area contributed by atoms with Crippen molar-refractivity contribution in [2.24, 2.45) is 5.73 Å². The maximum Gasteiger partial charge on any atom is 0.223 e. The number of primary amides is 1. The van der Waals surface area contributed by atoms with Gasteiger partial charge in [-0.1, -0.05) is 0 Å². The van der Waals surface area contributed by atoms with Crippen molar-refractivity contribution in [3.8, 4) is 0 Å². The largest absolute Gasteiger partial charge is 0.370 e. The summed E-state index contributed by atoms with van der Waals surface area (Å²) >= 11 is 0. The summed E-state index contributed by atoms with van der Waals surface area (Å²) in [4.78, 5) is 23.8. The average molecular weight is 213 g/mol. The van der Waals surface area contributed by atoms with E-state index in [1.54, 1.807) is 0 Å². The molecule has 0 radical (unpaired) electrons. The Bertz CT molecular complexity index is 225. The van der Waals surface area contributed by atoms with Crippen LogP contribution in [0.3, 0.4) is 0 Å². The number of likely N-dealkylation sites (tertiary alicyclic amines) is 1. The van der Waals surface area contributed by atoms with E-state index in [4.69, 9.17) is 5.73 Å². The number of carbonyl (C=O) groups excluding carboxylic acids is 2. The van der Waals surface area contributed by atoms with Gasteiger partial charge in [0.25, 0.3) is 0 Å². The summed E-state index contributed by atoms with van der Waals surface area (Å²) in [6.45, 7) is 2.99. The quantitative estimate of drug-likeness (QED) is 0.582. The van der Waals surface area contributed by atoms with E-state index in [1.165, 1.54) is 0 Å². The molecule has 1 aliphatic heterocycles. The molecule has 0 aromatic carbocycles. The Morgan fingerprint density at radius 1 is 1.13 bits per heavy atom. The molecule has 5 heteroatoms. The third-order valence-electron chi connectivity index (χ3n) is 2.52. The third kappa shape index (κ3) is 4.78.